The number of aryl methyl sites for hydroxylation is 1. The molecule has 3 aromatic rings. The molecule has 0 unspecified atom stereocenters. The maximum absolute atomic E-state index is 12.2. The fourth-order valence-electron chi connectivity index (χ4n) is 2.21. The first-order valence-electron chi connectivity index (χ1n) is 6.44. The fourth-order valence-corrected chi connectivity index (χ4v) is 3.36. The summed E-state index contributed by atoms with van der Waals surface area (Å²) < 4.78 is 37.5. The third-order valence-electron chi connectivity index (χ3n) is 3.15. The van der Waals surface area contributed by atoms with Gasteiger partial charge in [0.2, 0.25) is 0 Å². The smallest absolute Gasteiger partial charge is 0.382 e. The van der Waals surface area contributed by atoms with E-state index < -0.39 is 12.6 Å². The van der Waals surface area contributed by atoms with Gasteiger partial charge in [0.05, 0.1) is 15.2 Å². The molecule has 1 aromatic carbocycles. The van der Waals surface area contributed by atoms with E-state index in [2.05, 4.69) is 9.97 Å². The molecule has 7 heteroatoms. The Hall–Kier alpha value is -1.89. The van der Waals surface area contributed by atoms with Crippen LogP contribution in [-0.4, -0.2) is 16.1 Å². The van der Waals surface area contributed by atoms with Gasteiger partial charge in [-0.15, -0.1) is 11.3 Å². The van der Waals surface area contributed by atoms with Gasteiger partial charge in [-0.1, -0.05) is 18.2 Å². The van der Waals surface area contributed by atoms with Gasteiger partial charge in [0, 0.05) is 11.8 Å². The Labute approximate surface area is 122 Å². The zero-order valence-electron chi connectivity index (χ0n) is 10.9. The highest BCUT2D eigenvalue weighted by molar-refractivity contribution is 7.19. The van der Waals surface area contributed by atoms with Crippen molar-refractivity contribution in [2.24, 2.45) is 0 Å². The molecular weight excluding hydrogens is 299 g/mol. The van der Waals surface area contributed by atoms with Crippen molar-refractivity contribution in [2.45, 2.75) is 25.4 Å². The molecule has 0 saturated carbocycles. The van der Waals surface area contributed by atoms with Crippen LogP contribution < -0.4 is 5.73 Å². The lowest BCUT2D eigenvalue weighted by Gasteiger charge is -2.03. The maximum Gasteiger partial charge on any atom is 0.389 e. The van der Waals surface area contributed by atoms with Crippen molar-refractivity contribution in [3.05, 3.63) is 29.3 Å². The van der Waals surface area contributed by atoms with E-state index >= 15 is 0 Å². The molecule has 0 bridgehead atoms. The topological polar surface area (TPSA) is 51.8 Å². The molecule has 0 aliphatic carbocycles. The van der Waals surface area contributed by atoms with E-state index in [0.717, 1.165) is 15.6 Å². The molecular formula is C14H12F3N3S. The standard InChI is InChI=1S/C14H12F3N3S/c15-14(16,17)7-3-6-10-20-11-12(21-10)8-4-1-2-5-9(8)19-13(11)18/h1-2,4-5H,3,6-7H2,(H2,18,19). The van der Waals surface area contributed by atoms with Gasteiger partial charge in [-0.05, 0) is 18.9 Å². The Morgan fingerprint density at radius 1 is 1.14 bits per heavy atom. The van der Waals surface area contributed by atoms with Crippen molar-refractivity contribution in [3.8, 4) is 0 Å². The summed E-state index contributed by atoms with van der Waals surface area (Å²) in [6.07, 6.45) is -4.58. The lowest BCUT2D eigenvalue weighted by molar-refractivity contribution is -0.135. The van der Waals surface area contributed by atoms with Crippen molar-refractivity contribution < 1.29 is 13.2 Å². The van der Waals surface area contributed by atoms with E-state index in [1.54, 1.807) is 0 Å². The minimum absolute atomic E-state index is 0.0363. The molecule has 21 heavy (non-hydrogen) atoms. The first kappa shape index (κ1) is 14.1. The lowest BCUT2D eigenvalue weighted by Crippen LogP contribution is -2.07. The second-order valence-electron chi connectivity index (χ2n) is 4.77. The molecule has 0 aliphatic rings. The van der Waals surface area contributed by atoms with Gasteiger partial charge in [-0.2, -0.15) is 13.2 Å². The fraction of sp³-hybridized carbons (Fsp3) is 0.286. The summed E-state index contributed by atoms with van der Waals surface area (Å²) in [5.74, 6) is 0.321. The van der Waals surface area contributed by atoms with Gasteiger partial charge in [-0.25, -0.2) is 9.97 Å². The van der Waals surface area contributed by atoms with Gasteiger partial charge < -0.3 is 5.73 Å². The molecule has 0 atom stereocenters. The Kier molecular flexibility index (Phi) is 3.44. The zero-order chi connectivity index (χ0) is 15.0. The van der Waals surface area contributed by atoms with Crippen molar-refractivity contribution >= 4 is 38.3 Å². The summed E-state index contributed by atoms with van der Waals surface area (Å²) in [5.41, 5.74) is 7.24. The number of benzene rings is 1. The van der Waals surface area contributed by atoms with Crippen LogP contribution in [-0.2, 0) is 6.42 Å². The minimum Gasteiger partial charge on any atom is -0.382 e. The number of pyridine rings is 1. The summed E-state index contributed by atoms with van der Waals surface area (Å²) in [4.78, 5) is 8.62. The summed E-state index contributed by atoms with van der Waals surface area (Å²) in [5, 5.41) is 1.60. The summed E-state index contributed by atoms with van der Waals surface area (Å²) in [6, 6.07) is 7.53. The normalized spacial score (nSPS) is 12.3. The van der Waals surface area contributed by atoms with Crippen molar-refractivity contribution in [3.63, 3.8) is 0 Å². The van der Waals surface area contributed by atoms with E-state index in [1.165, 1.54) is 11.3 Å². The van der Waals surface area contributed by atoms with E-state index in [-0.39, 0.29) is 6.42 Å². The molecule has 0 saturated heterocycles. The largest absolute Gasteiger partial charge is 0.389 e. The molecule has 0 fully saturated rings. The monoisotopic (exact) mass is 311 g/mol. The molecule has 3 nitrogen and oxygen atoms in total. The number of nitrogens with zero attached hydrogens (tertiary/aromatic N) is 2. The quantitative estimate of drug-likeness (QED) is 0.784. The minimum atomic E-state index is -4.12. The van der Waals surface area contributed by atoms with Gasteiger partial charge in [0.25, 0.3) is 0 Å². The number of halogens is 3. The van der Waals surface area contributed by atoms with Gasteiger partial charge >= 0.3 is 6.18 Å². The molecule has 3 rings (SSSR count). The highest BCUT2D eigenvalue weighted by Crippen LogP contribution is 2.33. The van der Waals surface area contributed by atoms with Gasteiger partial charge in [0.1, 0.15) is 5.52 Å². The predicted molar refractivity (Wildman–Crippen MR) is 78.3 cm³/mol. The average molecular weight is 311 g/mol. The number of hydrogen-bond acceptors (Lipinski definition) is 4. The third kappa shape index (κ3) is 2.92. The van der Waals surface area contributed by atoms with Crippen LogP contribution in [0.2, 0.25) is 0 Å². The number of thiazole rings is 1. The second kappa shape index (κ2) is 5.14. The maximum atomic E-state index is 12.2. The molecule has 2 heterocycles. The van der Waals surface area contributed by atoms with E-state index in [4.69, 9.17) is 5.73 Å². The number of para-hydroxylation sites is 1. The number of nitrogens with two attached hydrogens (primary N) is 1. The lowest BCUT2D eigenvalue weighted by atomic mass is 10.2. The molecule has 2 aromatic heterocycles. The van der Waals surface area contributed by atoms with Crippen molar-refractivity contribution in [1.29, 1.82) is 0 Å². The predicted octanol–water partition coefficient (Wildman–Crippen LogP) is 4.31. The molecule has 2 N–H and O–H groups in total. The number of anilines is 1. The van der Waals surface area contributed by atoms with Crippen LogP contribution in [0.15, 0.2) is 24.3 Å². The molecule has 110 valence electrons. The summed E-state index contributed by atoms with van der Waals surface area (Å²) in [6.45, 7) is 0. The number of alkyl halides is 3. The van der Waals surface area contributed by atoms with Crippen LogP contribution in [0.25, 0.3) is 21.1 Å². The second-order valence-corrected chi connectivity index (χ2v) is 5.85. The Bertz CT molecular complexity index is 795. The Morgan fingerprint density at radius 2 is 1.90 bits per heavy atom. The van der Waals surface area contributed by atoms with Crippen LogP contribution in [0, 0.1) is 0 Å². The molecule has 0 spiro atoms. The molecule has 0 radical (unpaired) electrons. The average Bonchev–Trinajstić information content (AvgIpc) is 2.82. The number of aromatic nitrogens is 2. The van der Waals surface area contributed by atoms with Crippen molar-refractivity contribution in [1.82, 2.24) is 9.97 Å². The van der Waals surface area contributed by atoms with Crippen LogP contribution in [0.3, 0.4) is 0 Å². The van der Waals surface area contributed by atoms with Crippen LogP contribution >= 0.6 is 11.3 Å². The highest BCUT2D eigenvalue weighted by atomic mass is 32.1. The molecule has 0 amide bonds. The number of rotatable bonds is 3. The summed E-state index contributed by atoms with van der Waals surface area (Å²) in [7, 11) is 0. The number of nitrogen functional groups attached to an aromatic ring is 1. The molecule has 0 aliphatic heterocycles. The zero-order valence-corrected chi connectivity index (χ0v) is 11.8. The van der Waals surface area contributed by atoms with Crippen molar-refractivity contribution in [2.75, 3.05) is 5.73 Å². The number of hydrogen-bond donors (Lipinski definition) is 1. The van der Waals surface area contributed by atoms with Crippen LogP contribution in [0.5, 0.6) is 0 Å². The Balaban J connectivity index is 1.96. The van der Waals surface area contributed by atoms with E-state index in [1.807, 2.05) is 24.3 Å². The first-order valence-corrected chi connectivity index (χ1v) is 7.26. The third-order valence-corrected chi connectivity index (χ3v) is 4.30. The number of fused-ring (bicyclic) bond motifs is 3. The van der Waals surface area contributed by atoms with Gasteiger partial charge in [0.15, 0.2) is 5.82 Å². The SMILES string of the molecule is Nc1nc2ccccc2c2sc(CCCC(F)(F)F)nc12. The van der Waals surface area contributed by atoms with Gasteiger partial charge in [-0.3, -0.25) is 0 Å². The van der Waals surface area contributed by atoms with E-state index in [9.17, 15) is 13.2 Å². The Morgan fingerprint density at radius 3 is 2.67 bits per heavy atom. The van der Waals surface area contributed by atoms with Crippen LogP contribution in [0.1, 0.15) is 17.8 Å². The van der Waals surface area contributed by atoms with Crippen LogP contribution in [0.4, 0.5) is 19.0 Å². The summed E-state index contributed by atoms with van der Waals surface area (Å²) >= 11 is 1.39. The highest BCUT2D eigenvalue weighted by Gasteiger charge is 2.26. The van der Waals surface area contributed by atoms with E-state index in [0.29, 0.717) is 22.8 Å². The first-order chi connectivity index (χ1) is 9.94.